The minimum atomic E-state index is 0.674. The molecule has 0 saturated carbocycles. The van der Waals surface area contributed by atoms with Crippen LogP contribution in [0.15, 0.2) is 18.2 Å². The monoisotopic (exact) mass is 235 g/mol. The molecule has 0 fully saturated rings. The van der Waals surface area contributed by atoms with Gasteiger partial charge in [0, 0.05) is 5.69 Å². The fourth-order valence-corrected chi connectivity index (χ4v) is 1.85. The number of benzene rings is 1. The van der Waals surface area contributed by atoms with Gasteiger partial charge in [-0.15, -0.1) is 0 Å². The zero-order valence-electron chi connectivity index (χ0n) is 11.3. The molecule has 0 spiro atoms. The quantitative estimate of drug-likeness (QED) is 0.720. The normalized spacial score (nSPS) is 12.4. The Morgan fingerprint density at radius 3 is 2.65 bits per heavy atom. The van der Waals surface area contributed by atoms with E-state index in [0.29, 0.717) is 5.92 Å². The molecule has 1 aromatic rings. The summed E-state index contributed by atoms with van der Waals surface area (Å²) in [5.74, 6) is 1.61. The molecule has 0 bridgehead atoms. The van der Waals surface area contributed by atoms with E-state index in [1.807, 2.05) is 25.1 Å². The predicted molar refractivity (Wildman–Crippen MR) is 74.4 cm³/mol. The first-order valence-corrected chi connectivity index (χ1v) is 6.66. The standard InChI is InChI=1S/C15H25NO/c1-4-6-7-13(5-2)11-17-14-8-9-15(16)12(3)10-14/h8-10,13H,4-7,11,16H2,1-3H3. The van der Waals surface area contributed by atoms with Crippen LogP contribution < -0.4 is 10.5 Å². The fourth-order valence-electron chi connectivity index (χ4n) is 1.85. The highest BCUT2D eigenvalue weighted by molar-refractivity contribution is 5.49. The smallest absolute Gasteiger partial charge is 0.119 e. The Morgan fingerprint density at radius 2 is 2.06 bits per heavy atom. The Kier molecular flexibility index (Phi) is 5.88. The number of rotatable bonds is 7. The first-order chi connectivity index (χ1) is 8.17. The van der Waals surface area contributed by atoms with Crippen molar-refractivity contribution in [1.29, 1.82) is 0 Å². The molecule has 17 heavy (non-hydrogen) atoms. The third kappa shape index (κ3) is 4.68. The summed E-state index contributed by atoms with van der Waals surface area (Å²) < 4.78 is 5.84. The average molecular weight is 235 g/mol. The molecule has 0 aliphatic carbocycles. The van der Waals surface area contributed by atoms with Gasteiger partial charge in [0.25, 0.3) is 0 Å². The Balaban J connectivity index is 2.45. The van der Waals surface area contributed by atoms with E-state index in [2.05, 4.69) is 13.8 Å². The van der Waals surface area contributed by atoms with E-state index in [0.717, 1.165) is 23.6 Å². The molecule has 1 unspecified atom stereocenters. The molecule has 96 valence electrons. The molecule has 1 rings (SSSR count). The second-order valence-corrected chi connectivity index (χ2v) is 4.75. The van der Waals surface area contributed by atoms with Crippen LogP contribution in [0.1, 0.15) is 45.1 Å². The summed E-state index contributed by atoms with van der Waals surface area (Å²) in [7, 11) is 0. The van der Waals surface area contributed by atoms with Crippen molar-refractivity contribution in [3.05, 3.63) is 23.8 Å². The molecule has 1 aromatic carbocycles. The number of unbranched alkanes of at least 4 members (excludes halogenated alkanes) is 1. The van der Waals surface area contributed by atoms with Gasteiger partial charge in [-0.05, 0) is 43.0 Å². The third-order valence-corrected chi connectivity index (χ3v) is 3.27. The summed E-state index contributed by atoms with van der Waals surface area (Å²) >= 11 is 0. The van der Waals surface area contributed by atoms with Gasteiger partial charge in [-0.3, -0.25) is 0 Å². The van der Waals surface area contributed by atoms with Gasteiger partial charge in [0.15, 0.2) is 0 Å². The molecule has 0 radical (unpaired) electrons. The van der Waals surface area contributed by atoms with E-state index in [1.165, 1.54) is 25.7 Å². The highest BCUT2D eigenvalue weighted by Crippen LogP contribution is 2.20. The fraction of sp³-hybridized carbons (Fsp3) is 0.600. The average Bonchev–Trinajstić information content (AvgIpc) is 2.34. The molecular weight excluding hydrogens is 210 g/mol. The molecule has 2 heteroatoms. The van der Waals surface area contributed by atoms with Crippen molar-refractivity contribution in [1.82, 2.24) is 0 Å². The maximum Gasteiger partial charge on any atom is 0.119 e. The van der Waals surface area contributed by atoms with Crippen LogP contribution in [0.2, 0.25) is 0 Å². The van der Waals surface area contributed by atoms with Crippen LogP contribution in [0, 0.1) is 12.8 Å². The minimum Gasteiger partial charge on any atom is -0.493 e. The summed E-state index contributed by atoms with van der Waals surface area (Å²) in [5.41, 5.74) is 7.70. The second-order valence-electron chi connectivity index (χ2n) is 4.75. The van der Waals surface area contributed by atoms with Gasteiger partial charge in [0.1, 0.15) is 5.75 Å². The van der Waals surface area contributed by atoms with Crippen molar-refractivity contribution < 1.29 is 4.74 Å². The highest BCUT2D eigenvalue weighted by Gasteiger charge is 2.07. The van der Waals surface area contributed by atoms with Gasteiger partial charge in [-0.2, -0.15) is 0 Å². The lowest BCUT2D eigenvalue weighted by atomic mass is 10.0. The largest absolute Gasteiger partial charge is 0.493 e. The Morgan fingerprint density at radius 1 is 1.29 bits per heavy atom. The van der Waals surface area contributed by atoms with Crippen LogP contribution in [-0.2, 0) is 0 Å². The lowest BCUT2D eigenvalue weighted by Crippen LogP contribution is -2.11. The Hall–Kier alpha value is -1.18. The van der Waals surface area contributed by atoms with E-state index in [9.17, 15) is 0 Å². The zero-order chi connectivity index (χ0) is 12.7. The SMILES string of the molecule is CCCCC(CC)COc1ccc(N)c(C)c1. The highest BCUT2D eigenvalue weighted by atomic mass is 16.5. The van der Waals surface area contributed by atoms with Crippen LogP contribution in [0.3, 0.4) is 0 Å². The van der Waals surface area contributed by atoms with E-state index < -0.39 is 0 Å². The van der Waals surface area contributed by atoms with Crippen molar-refractivity contribution in [2.24, 2.45) is 5.92 Å². The number of nitrogens with two attached hydrogens (primary N) is 1. The van der Waals surface area contributed by atoms with Gasteiger partial charge in [0.05, 0.1) is 6.61 Å². The van der Waals surface area contributed by atoms with E-state index in [1.54, 1.807) is 0 Å². The summed E-state index contributed by atoms with van der Waals surface area (Å²) in [6.07, 6.45) is 5.01. The van der Waals surface area contributed by atoms with Gasteiger partial charge in [-0.1, -0.05) is 33.1 Å². The van der Waals surface area contributed by atoms with Crippen LogP contribution in [0.25, 0.3) is 0 Å². The van der Waals surface area contributed by atoms with Crippen molar-refractivity contribution in [2.45, 2.75) is 46.5 Å². The molecule has 0 aliphatic heterocycles. The van der Waals surface area contributed by atoms with Crippen LogP contribution in [-0.4, -0.2) is 6.61 Å². The van der Waals surface area contributed by atoms with Crippen molar-refractivity contribution in [3.63, 3.8) is 0 Å². The van der Waals surface area contributed by atoms with Gasteiger partial charge in [0.2, 0.25) is 0 Å². The molecule has 0 aromatic heterocycles. The summed E-state index contributed by atoms with van der Waals surface area (Å²) in [6.45, 7) is 7.30. The molecule has 0 heterocycles. The molecule has 1 atom stereocenters. The van der Waals surface area contributed by atoms with Gasteiger partial charge in [-0.25, -0.2) is 0 Å². The predicted octanol–water partition coefficient (Wildman–Crippen LogP) is 4.17. The van der Waals surface area contributed by atoms with E-state index in [-0.39, 0.29) is 0 Å². The Labute approximate surface area is 105 Å². The molecule has 0 amide bonds. The number of hydrogen-bond acceptors (Lipinski definition) is 2. The zero-order valence-corrected chi connectivity index (χ0v) is 11.3. The summed E-state index contributed by atoms with van der Waals surface area (Å²) in [4.78, 5) is 0. The van der Waals surface area contributed by atoms with Crippen molar-refractivity contribution >= 4 is 5.69 Å². The molecule has 0 saturated heterocycles. The maximum atomic E-state index is 5.84. The summed E-state index contributed by atoms with van der Waals surface area (Å²) in [6, 6.07) is 5.88. The molecule has 2 nitrogen and oxygen atoms in total. The first-order valence-electron chi connectivity index (χ1n) is 6.66. The van der Waals surface area contributed by atoms with Gasteiger partial charge >= 0.3 is 0 Å². The minimum absolute atomic E-state index is 0.674. The van der Waals surface area contributed by atoms with Crippen LogP contribution in [0.5, 0.6) is 5.75 Å². The second kappa shape index (κ2) is 7.21. The first kappa shape index (κ1) is 13.9. The van der Waals surface area contributed by atoms with Gasteiger partial charge < -0.3 is 10.5 Å². The van der Waals surface area contributed by atoms with E-state index >= 15 is 0 Å². The molecule has 0 aliphatic rings. The van der Waals surface area contributed by atoms with Crippen molar-refractivity contribution in [3.8, 4) is 5.75 Å². The van der Waals surface area contributed by atoms with Crippen molar-refractivity contribution in [2.75, 3.05) is 12.3 Å². The summed E-state index contributed by atoms with van der Waals surface area (Å²) in [5, 5.41) is 0. The number of ether oxygens (including phenoxy) is 1. The lowest BCUT2D eigenvalue weighted by molar-refractivity contribution is 0.233. The Bertz CT molecular complexity index is 336. The lowest BCUT2D eigenvalue weighted by Gasteiger charge is -2.16. The number of hydrogen-bond donors (Lipinski definition) is 1. The number of nitrogen functional groups attached to an aromatic ring is 1. The number of aryl methyl sites for hydroxylation is 1. The van der Waals surface area contributed by atoms with Crippen LogP contribution >= 0.6 is 0 Å². The van der Waals surface area contributed by atoms with E-state index in [4.69, 9.17) is 10.5 Å². The molecule has 2 N–H and O–H groups in total. The topological polar surface area (TPSA) is 35.2 Å². The number of anilines is 1. The molecular formula is C15H25NO. The third-order valence-electron chi connectivity index (χ3n) is 3.27. The maximum absolute atomic E-state index is 5.84. The van der Waals surface area contributed by atoms with Crippen LogP contribution in [0.4, 0.5) is 5.69 Å².